The Bertz CT molecular complexity index is 923. The van der Waals surface area contributed by atoms with E-state index in [1.807, 2.05) is 6.07 Å². The number of benzene rings is 2. The fourth-order valence-corrected chi connectivity index (χ4v) is 3.05. The van der Waals surface area contributed by atoms with Gasteiger partial charge in [0.25, 0.3) is 5.91 Å². The first-order valence-corrected chi connectivity index (χ1v) is 8.30. The standard InChI is InChI=1S/C19H16N4O3/c24-17-12-22(16-9-5-4-8-14(16)20-17)19(26)15-10-11-18(25)23(21-15)13-6-2-1-3-7-13/h1-9H,10-12H2,(H,20,24). The molecule has 2 aromatic carbocycles. The van der Waals surface area contributed by atoms with E-state index in [0.717, 1.165) is 0 Å². The molecule has 26 heavy (non-hydrogen) atoms. The highest BCUT2D eigenvalue weighted by molar-refractivity contribution is 6.45. The molecule has 0 bridgehead atoms. The Balaban J connectivity index is 1.68. The summed E-state index contributed by atoms with van der Waals surface area (Å²) in [5.41, 5.74) is 2.09. The van der Waals surface area contributed by atoms with Crippen LogP contribution >= 0.6 is 0 Å². The van der Waals surface area contributed by atoms with Gasteiger partial charge in [-0.1, -0.05) is 30.3 Å². The van der Waals surface area contributed by atoms with Crippen LogP contribution in [0.1, 0.15) is 12.8 Å². The minimum absolute atomic E-state index is 0.0752. The smallest absolute Gasteiger partial charge is 0.275 e. The van der Waals surface area contributed by atoms with Gasteiger partial charge in [-0.3, -0.25) is 19.3 Å². The summed E-state index contributed by atoms with van der Waals surface area (Å²) >= 11 is 0. The summed E-state index contributed by atoms with van der Waals surface area (Å²) in [4.78, 5) is 38.6. The van der Waals surface area contributed by atoms with Crippen molar-refractivity contribution in [3.63, 3.8) is 0 Å². The van der Waals surface area contributed by atoms with E-state index in [2.05, 4.69) is 10.4 Å². The van der Waals surface area contributed by atoms with Crippen LogP contribution in [0.25, 0.3) is 0 Å². The highest BCUT2D eigenvalue weighted by Crippen LogP contribution is 2.30. The van der Waals surface area contributed by atoms with Gasteiger partial charge in [-0.25, -0.2) is 5.01 Å². The minimum atomic E-state index is -0.360. The van der Waals surface area contributed by atoms with E-state index < -0.39 is 0 Å². The van der Waals surface area contributed by atoms with Crippen LogP contribution in [0.4, 0.5) is 17.1 Å². The normalized spacial score (nSPS) is 16.7. The molecule has 0 aromatic heterocycles. The quantitative estimate of drug-likeness (QED) is 0.903. The lowest BCUT2D eigenvalue weighted by Crippen LogP contribution is -2.47. The maximum Gasteiger partial charge on any atom is 0.275 e. The second-order valence-corrected chi connectivity index (χ2v) is 6.04. The molecule has 0 aliphatic carbocycles. The predicted octanol–water partition coefficient (Wildman–Crippen LogP) is 2.15. The number of nitrogens with zero attached hydrogens (tertiary/aromatic N) is 3. The molecule has 7 heteroatoms. The molecule has 130 valence electrons. The van der Waals surface area contributed by atoms with E-state index in [0.29, 0.717) is 17.1 Å². The average Bonchev–Trinajstić information content (AvgIpc) is 2.68. The van der Waals surface area contributed by atoms with Gasteiger partial charge >= 0.3 is 0 Å². The molecule has 0 radical (unpaired) electrons. The topological polar surface area (TPSA) is 82.1 Å². The Morgan fingerprint density at radius 1 is 0.962 bits per heavy atom. The molecule has 4 rings (SSSR count). The molecule has 0 unspecified atom stereocenters. The third-order valence-electron chi connectivity index (χ3n) is 4.30. The molecule has 0 saturated heterocycles. The SMILES string of the molecule is O=C1CN(C(=O)C2=NN(c3ccccc3)C(=O)CC2)c2ccccc2N1. The van der Waals surface area contributed by atoms with Crippen LogP contribution in [0.5, 0.6) is 0 Å². The summed E-state index contributed by atoms with van der Waals surface area (Å²) in [6.45, 7) is -0.0752. The van der Waals surface area contributed by atoms with Crippen LogP contribution in [0.3, 0.4) is 0 Å². The van der Waals surface area contributed by atoms with Gasteiger partial charge in [-0.2, -0.15) is 5.10 Å². The molecular formula is C19H16N4O3. The Kier molecular flexibility index (Phi) is 3.96. The Labute approximate surface area is 149 Å². The van der Waals surface area contributed by atoms with Crippen molar-refractivity contribution in [1.82, 2.24) is 0 Å². The van der Waals surface area contributed by atoms with Crippen LogP contribution in [0.15, 0.2) is 59.7 Å². The van der Waals surface area contributed by atoms with E-state index in [-0.39, 0.29) is 42.8 Å². The number of carbonyl (C=O) groups excluding carboxylic acids is 3. The lowest BCUT2D eigenvalue weighted by atomic mass is 10.1. The first-order chi connectivity index (χ1) is 12.6. The van der Waals surface area contributed by atoms with Crippen molar-refractivity contribution >= 4 is 40.5 Å². The van der Waals surface area contributed by atoms with Crippen molar-refractivity contribution in [3.8, 4) is 0 Å². The molecule has 7 nitrogen and oxygen atoms in total. The van der Waals surface area contributed by atoms with Gasteiger partial charge in [0.2, 0.25) is 11.8 Å². The average molecular weight is 348 g/mol. The summed E-state index contributed by atoms with van der Waals surface area (Å²) in [7, 11) is 0. The second kappa shape index (κ2) is 6.44. The molecule has 0 saturated carbocycles. The number of anilines is 3. The first kappa shape index (κ1) is 16.0. The zero-order valence-corrected chi connectivity index (χ0v) is 13.9. The monoisotopic (exact) mass is 348 g/mol. The first-order valence-electron chi connectivity index (χ1n) is 8.30. The highest BCUT2D eigenvalue weighted by atomic mass is 16.2. The van der Waals surface area contributed by atoms with E-state index in [4.69, 9.17) is 0 Å². The maximum absolute atomic E-state index is 13.0. The molecule has 2 heterocycles. The summed E-state index contributed by atoms with van der Waals surface area (Å²) in [5.74, 6) is -0.783. The van der Waals surface area contributed by atoms with E-state index >= 15 is 0 Å². The lowest BCUT2D eigenvalue weighted by Gasteiger charge is -2.31. The Morgan fingerprint density at radius 2 is 1.69 bits per heavy atom. The van der Waals surface area contributed by atoms with Gasteiger partial charge in [-0.05, 0) is 24.3 Å². The number of rotatable bonds is 2. The largest absolute Gasteiger partial charge is 0.323 e. The van der Waals surface area contributed by atoms with Gasteiger partial charge < -0.3 is 5.32 Å². The zero-order chi connectivity index (χ0) is 18.1. The Hall–Kier alpha value is -3.48. The molecule has 2 aromatic rings. The van der Waals surface area contributed by atoms with Crippen LogP contribution in [-0.2, 0) is 14.4 Å². The predicted molar refractivity (Wildman–Crippen MR) is 98.0 cm³/mol. The number of hydrogen-bond acceptors (Lipinski definition) is 4. The van der Waals surface area contributed by atoms with Crippen molar-refractivity contribution < 1.29 is 14.4 Å². The van der Waals surface area contributed by atoms with Gasteiger partial charge in [-0.15, -0.1) is 0 Å². The molecule has 2 aliphatic rings. The lowest BCUT2D eigenvalue weighted by molar-refractivity contribution is -0.119. The summed E-state index contributed by atoms with van der Waals surface area (Å²) in [6, 6.07) is 16.1. The zero-order valence-electron chi connectivity index (χ0n) is 13.9. The van der Waals surface area contributed by atoms with E-state index in [9.17, 15) is 14.4 Å². The second-order valence-electron chi connectivity index (χ2n) is 6.04. The number of nitrogens with one attached hydrogen (secondary N) is 1. The minimum Gasteiger partial charge on any atom is -0.323 e. The summed E-state index contributed by atoms with van der Waals surface area (Å²) < 4.78 is 0. The van der Waals surface area contributed by atoms with Crippen molar-refractivity contribution in [2.75, 3.05) is 21.8 Å². The third kappa shape index (κ3) is 2.83. The summed E-state index contributed by atoms with van der Waals surface area (Å²) in [6.07, 6.45) is 0.447. The van der Waals surface area contributed by atoms with Gasteiger partial charge in [0, 0.05) is 12.8 Å². The van der Waals surface area contributed by atoms with Crippen LogP contribution < -0.4 is 15.2 Å². The molecule has 2 aliphatic heterocycles. The number of amides is 3. The fraction of sp³-hybridized carbons (Fsp3) is 0.158. The van der Waals surface area contributed by atoms with Crippen molar-refractivity contribution in [2.45, 2.75) is 12.8 Å². The van der Waals surface area contributed by atoms with Crippen LogP contribution in [-0.4, -0.2) is 30.0 Å². The molecule has 3 amide bonds. The van der Waals surface area contributed by atoms with Crippen molar-refractivity contribution in [1.29, 1.82) is 0 Å². The van der Waals surface area contributed by atoms with Gasteiger partial charge in [0.05, 0.1) is 17.1 Å². The maximum atomic E-state index is 13.0. The Morgan fingerprint density at radius 3 is 2.50 bits per heavy atom. The van der Waals surface area contributed by atoms with Gasteiger partial charge in [0.15, 0.2) is 0 Å². The number of carbonyl (C=O) groups is 3. The molecule has 0 atom stereocenters. The van der Waals surface area contributed by atoms with Crippen LogP contribution in [0.2, 0.25) is 0 Å². The van der Waals surface area contributed by atoms with Crippen molar-refractivity contribution in [3.05, 3.63) is 54.6 Å². The van der Waals surface area contributed by atoms with Crippen LogP contribution in [0, 0.1) is 0 Å². The number of hydrogen-bond donors (Lipinski definition) is 1. The fourth-order valence-electron chi connectivity index (χ4n) is 3.05. The number of para-hydroxylation sites is 3. The highest BCUT2D eigenvalue weighted by Gasteiger charge is 2.32. The van der Waals surface area contributed by atoms with Crippen molar-refractivity contribution in [2.24, 2.45) is 5.10 Å². The number of hydrazone groups is 1. The van der Waals surface area contributed by atoms with E-state index in [1.165, 1.54) is 9.91 Å². The number of fused-ring (bicyclic) bond motifs is 1. The van der Waals surface area contributed by atoms with E-state index in [1.54, 1.807) is 48.5 Å². The molecular weight excluding hydrogens is 332 g/mol. The molecule has 0 fully saturated rings. The summed E-state index contributed by atoms with van der Waals surface area (Å²) in [5, 5.41) is 8.29. The van der Waals surface area contributed by atoms with Gasteiger partial charge in [0.1, 0.15) is 12.3 Å². The molecule has 1 N–H and O–H groups in total. The molecule has 0 spiro atoms. The third-order valence-corrected chi connectivity index (χ3v) is 4.30.